The zero-order valence-electron chi connectivity index (χ0n) is 20.9. The maximum absolute atomic E-state index is 14.8. The molecular formula is C27H28BrFO7. The van der Waals surface area contributed by atoms with E-state index in [1.54, 1.807) is 31.4 Å². The Balaban J connectivity index is 2.30. The van der Waals surface area contributed by atoms with Crippen molar-refractivity contribution in [2.45, 2.75) is 0 Å². The van der Waals surface area contributed by atoms with Crippen molar-refractivity contribution >= 4 is 27.6 Å². The van der Waals surface area contributed by atoms with Gasteiger partial charge in [-0.15, -0.1) is 0 Å². The van der Waals surface area contributed by atoms with Crippen LogP contribution in [0.4, 0.5) is 4.39 Å². The maximum Gasteiger partial charge on any atom is 0.204 e. The predicted molar refractivity (Wildman–Crippen MR) is 139 cm³/mol. The first kappa shape index (κ1) is 27.2. The van der Waals surface area contributed by atoms with E-state index in [4.69, 9.17) is 33.2 Å². The molecular weight excluding hydrogens is 535 g/mol. The molecule has 0 aliphatic heterocycles. The van der Waals surface area contributed by atoms with E-state index in [1.807, 2.05) is 18.2 Å². The predicted octanol–water partition coefficient (Wildman–Crippen LogP) is 6.20. The van der Waals surface area contributed by atoms with Gasteiger partial charge in [-0.1, -0.05) is 12.1 Å². The molecule has 0 aliphatic carbocycles. The third kappa shape index (κ3) is 5.68. The van der Waals surface area contributed by atoms with Gasteiger partial charge in [-0.2, -0.15) is 0 Å². The summed E-state index contributed by atoms with van der Waals surface area (Å²) in [6.07, 6.45) is 1.89. The molecule has 0 bridgehead atoms. The van der Waals surface area contributed by atoms with E-state index in [1.165, 1.54) is 41.6 Å². The molecule has 0 amide bonds. The van der Waals surface area contributed by atoms with Crippen molar-refractivity contribution in [2.24, 2.45) is 0 Å². The minimum atomic E-state index is -0.497. The van der Waals surface area contributed by atoms with Crippen molar-refractivity contribution in [3.8, 4) is 34.5 Å². The minimum Gasteiger partial charge on any atom is -0.494 e. The SMILES string of the molecule is COCOc1cc(/C=C(/c2ccc(OC)c(F)c2)c2cc(OC)c(OC)c(OC)c2Br)ccc1OC. The van der Waals surface area contributed by atoms with Crippen LogP contribution in [0.1, 0.15) is 16.7 Å². The van der Waals surface area contributed by atoms with Gasteiger partial charge in [0.15, 0.2) is 41.4 Å². The molecule has 0 aromatic heterocycles. The maximum atomic E-state index is 14.8. The minimum absolute atomic E-state index is 0.0541. The third-order valence-corrected chi connectivity index (χ3v) is 6.14. The largest absolute Gasteiger partial charge is 0.494 e. The lowest BCUT2D eigenvalue weighted by molar-refractivity contribution is 0.0491. The zero-order valence-corrected chi connectivity index (χ0v) is 22.5. The van der Waals surface area contributed by atoms with Crippen LogP contribution >= 0.6 is 15.9 Å². The summed E-state index contributed by atoms with van der Waals surface area (Å²) in [5.41, 5.74) is 2.72. The Labute approximate surface area is 218 Å². The summed E-state index contributed by atoms with van der Waals surface area (Å²) in [5, 5.41) is 0. The van der Waals surface area contributed by atoms with Crippen LogP contribution in [-0.2, 0) is 4.74 Å². The van der Waals surface area contributed by atoms with Crippen LogP contribution in [0.15, 0.2) is 46.9 Å². The van der Waals surface area contributed by atoms with E-state index >= 15 is 0 Å². The van der Waals surface area contributed by atoms with E-state index in [-0.39, 0.29) is 12.5 Å². The topological polar surface area (TPSA) is 64.6 Å². The van der Waals surface area contributed by atoms with Gasteiger partial charge in [0, 0.05) is 12.7 Å². The molecule has 0 unspecified atom stereocenters. The molecule has 0 saturated carbocycles. The van der Waals surface area contributed by atoms with Crippen LogP contribution in [0, 0.1) is 5.82 Å². The Morgan fingerprint density at radius 1 is 0.750 bits per heavy atom. The second kappa shape index (κ2) is 12.5. The van der Waals surface area contributed by atoms with Crippen molar-refractivity contribution in [1.29, 1.82) is 0 Å². The summed E-state index contributed by atoms with van der Waals surface area (Å²) in [4.78, 5) is 0. The molecule has 0 heterocycles. The van der Waals surface area contributed by atoms with Gasteiger partial charge in [0.2, 0.25) is 5.75 Å². The summed E-state index contributed by atoms with van der Waals surface area (Å²) < 4.78 is 53.3. The number of rotatable bonds is 11. The van der Waals surface area contributed by atoms with Crippen LogP contribution in [0.5, 0.6) is 34.5 Å². The fourth-order valence-electron chi connectivity index (χ4n) is 3.65. The highest BCUT2D eigenvalue weighted by Gasteiger charge is 2.22. The molecule has 36 heavy (non-hydrogen) atoms. The van der Waals surface area contributed by atoms with E-state index in [2.05, 4.69) is 15.9 Å². The first-order valence-electron chi connectivity index (χ1n) is 10.8. The van der Waals surface area contributed by atoms with Gasteiger partial charge in [0.1, 0.15) is 0 Å². The van der Waals surface area contributed by atoms with Crippen molar-refractivity contribution in [1.82, 2.24) is 0 Å². The van der Waals surface area contributed by atoms with E-state index in [9.17, 15) is 4.39 Å². The zero-order chi connectivity index (χ0) is 26.2. The van der Waals surface area contributed by atoms with E-state index in [0.29, 0.717) is 49.9 Å². The van der Waals surface area contributed by atoms with Crippen LogP contribution < -0.4 is 28.4 Å². The first-order chi connectivity index (χ1) is 17.4. The Bertz CT molecular complexity index is 1240. The number of methoxy groups -OCH3 is 6. The van der Waals surface area contributed by atoms with Crippen molar-refractivity contribution in [3.05, 3.63) is 69.4 Å². The number of halogens is 2. The van der Waals surface area contributed by atoms with Gasteiger partial charge in [-0.05, 0) is 69.0 Å². The normalized spacial score (nSPS) is 11.2. The molecule has 0 spiro atoms. The number of hydrogen-bond donors (Lipinski definition) is 0. The summed E-state index contributed by atoms with van der Waals surface area (Å²) in [6, 6.07) is 12.0. The van der Waals surface area contributed by atoms with Gasteiger partial charge in [-0.25, -0.2) is 4.39 Å². The van der Waals surface area contributed by atoms with Gasteiger partial charge in [0.05, 0.1) is 40.0 Å². The van der Waals surface area contributed by atoms with Crippen LogP contribution in [-0.4, -0.2) is 49.5 Å². The molecule has 3 aromatic carbocycles. The summed E-state index contributed by atoms with van der Waals surface area (Å²) in [7, 11) is 9.11. The van der Waals surface area contributed by atoms with Crippen molar-refractivity contribution in [3.63, 3.8) is 0 Å². The molecule has 7 nitrogen and oxygen atoms in total. The fourth-order valence-corrected chi connectivity index (χ4v) is 4.32. The molecule has 0 aliphatic rings. The first-order valence-corrected chi connectivity index (χ1v) is 11.6. The molecule has 0 saturated heterocycles. The quantitative estimate of drug-likeness (QED) is 0.203. The Kier molecular flexibility index (Phi) is 9.44. The molecule has 0 fully saturated rings. The molecule has 3 rings (SSSR count). The Morgan fingerprint density at radius 2 is 1.42 bits per heavy atom. The summed E-state index contributed by atoms with van der Waals surface area (Å²) >= 11 is 3.64. The highest BCUT2D eigenvalue weighted by atomic mass is 79.9. The highest BCUT2D eigenvalue weighted by molar-refractivity contribution is 9.10. The summed E-state index contributed by atoms with van der Waals surface area (Å²) in [5.74, 6) is 2.00. The van der Waals surface area contributed by atoms with Crippen LogP contribution in [0.25, 0.3) is 11.6 Å². The van der Waals surface area contributed by atoms with Crippen molar-refractivity contribution in [2.75, 3.05) is 49.5 Å². The van der Waals surface area contributed by atoms with Gasteiger partial charge < -0.3 is 33.2 Å². The monoisotopic (exact) mass is 562 g/mol. The average molecular weight is 563 g/mol. The number of benzene rings is 3. The molecule has 192 valence electrons. The van der Waals surface area contributed by atoms with E-state index < -0.39 is 5.82 Å². The average Bonchev–Trinajstić information content (AvgIpc) is 2.90. The fraction of sp³-hybridized carbons (Fsp3) is 0.259. The molecule has 3 aromatic rings. The van der Waals surface area contributed by atoms with Gasteiger partial charge in [0.25, 0.3) is 0 Å². The lowest BCUT2D eigenvalue weighted by Gasteiger charge is -2.19. The number of hydrogen-bond acceptors (Lipinski definition) is 7. The Hall–Kier alpha value is -3.43. The van der Waals surface area contributed by atoms with Crippen LogP contribution in [0.3, 0.4) is 0 Å². The van der Waals surface area contributed by atoms with Gasteiger partial charge in [-0.3, -0.25) is 0 Å². The third-order valence-electron chi connectivity index (χ3n) is 5.35. The van der Waals surface area contributed by atoms with Crippen LogP contribution in [0.2, 0.25) is 0 Å². The smallest absolute Gasteiger partial charge is 0.204 e. The van der Waals surface area contributed by atoms with Gasteiger partial charge >= 0.3 is 0 Å². The molecule has 0 radical (unpaired) electrons. The molecule has 0 N–H and O–H groups in total. The summed E-state index contributed by atoms with van der Waals surface area (Å²) in [6.45, 7) is 0.0541. The molecule has 9 heteroatoms. The van der Waals surface area contributed by atoms with E-state index in [0.717, 1.165) is 5.56 Å². The lowest BCUT2D eigenvalue weighted by atomic mass is 9.94. The van der Waals surface area contributed by atoms with Crippen molar-refractivity contribution < 1.29 is 37.5 Å². The highest BCUT2D eigenvalue weighted by Crippen LogP contribution is 2.48. The standard InChI is InChI=1S/C27H28BrFO7/c1-30-15-36-23-12-16(7-9-22(23)32-3)11-18(17-8-10-21(31-2)20(29)13-17)19-14-24(33-4)26(34-5)27(35-6)25(19)28/h7-14H,15H2,1-6H3/b18-11-. The molecule has 0 atom stereocenters. The second-order valence-electron chi connectivity index (χ2n) is 7.38. The lowest BCUT2D eigenvalue weighted by Crippen LogP contribution is -2.01. The second-order valence-corrected chi connectivity index (χ2v) is 8.17. The number of ether oxygens (including phenoxy) is 7. The Morgan fingerprint density at radius 3 is 2.00 bits per heavy atom.